The lowest BCUT2D eigenvalue weighted by Gasteiger charge is -2.36. The smallest absolute Gasteiger partial charge is 0.254 e. The SMILES string of the molecule is O=C(c1ccc(Cl)c(S(=O)(=O)NC[C@@H]2CCCO2)c1)N1CCN(c2ccccc2)CC1. The van der Waals surface area contributed by atoms with Crippen molar-refractivity contribution in [2.45, 2.75) is 23.8 Å². The molecule has 2 aromatic carbocycles. The standard InChI is InChI=1S/C22H26ClN3O4S/c23-20-9-8-17(15-21(20)31(28,29)24-16-19-7-4-14-30-19)22(27)26-12-10-25(11-13-26)18-5-2-1-3-6-18/h1-3,5-6,8-9,15,19,24H,4,7,10-14,16H2/t19-/m0/s1. The van der Waals surface area contributed by atoms with Gasteiger partial charge in [0.25, 0.3) is 5.91 Å². The monoisotopic (exact) mass is 463 g/mol. The number of rotatable bonds is 6. The fraction of sp³-hybridized carbons (Fsp3) is 0.409. The van der Waals surface area contributed by atoms with Gasteiger partial charge in [-0.05, 0) is 43.2 Å². The van der Waals surface area contributed by atoms with Gasteiger partial charge in [-0.2, -0.15) is 0 Å². The third kappa shape index (κ3) is 5.20. The molecule has 2 aliphatic heterocycles. The maximum Gasteiger partial charge on any atom is 0.254 e. The van der Waals surface area contributed by atoms with E-state index in [1.165, 1.54) is 12.1 Å². The van der Waals surface area contributed by atoms with Gasteiger partial charge < -0.3 is 14.5 Å². The first-order chi connectivity index (χ1) is 14.9. The van der Waals surface area contributed by atoms with E-state index in [0.717, 1.165) is 31.6 Å². The van der Waals surface area contributed by atoms with E-state index in [-0.39, 0.29) is 28.5 Å². The Morgan fingerprint density at radius 2 is 1.84 bits per heavy atom. The molecule has 1 N–H and O–H groups in total. The first kappa shape index (κ1) is 22.1. The van der Waals surface area contributed by atoms with Crippen molar-refractivity contribution in [1.82, 2.24) is 9.62 Å². The third-order valence-corrected chi connectivity index (χ3v) is 7.59. The number of piperazine rings is 1. The Morgan fingerprint density at radius 3 is 2.52 bits per heavy atom. The number of ether oxygens (including phenoxy) is 1. The summed E-state index contributed by atoms with van der Waals surface area (Å²) in [5.74, 6) is -0.194. The van der Waals surface area contributed by atoms with Gasteiger partial charge in [-0.3, -0.25) is 4.79 Å². The van der Waals surface area contributed by atoms with Gasteiger partial charge in [-0.25, -0.2) is 13.1 Å². The number of halogens is 1. The topological polar surface area (TPSA) is 78.9 Å². The summed E-state index contributed by atoms with van der Waals surface area (Å²) in [4.78, 5) is 16.9. The highest BCUT2D eigenvalue weighted by atomic mass is 35.5. The van der Waals surface area contributed by atoms with Crippen molar-refractivity contribution in [1.29, 1.82) is 0 Å². The highest BCUT2D eigenvalue weighted by molar-refractivity contribution is 7.89. The Kier molecular flexibility index (Phi) is 6.81. The van der Waals surface area contributed by atoms with Crippen molar-refractivity contribution in [3.8, 4) is 0 Å². The molecule has 1 atom stereocenters. The normalized spacial score (nSPS) is 19.6. The number of nitrogens with one attached hydrogen (secondary N) is 1. The van der Waals surface area contributed by atoms with Crippen LogP contribution in [-0.2, 0) is 14.8 Å². The zero-order chi connectivity index (χ0) is 21.8. The van der Waals surface area contributed by atoms with Gasteiger partial charge in [0, 0.05) is 50.6 Å². The number of hydrogen-bond acceptors (Lipinski definition) is 5. The number of para-hydroxylation sites is 1. The molecule has 4 rings (SSSR count). The van der Waals surface area contributed by atoms with Crippen LogP contribution in [0.5, 0.6) is 0 Å². The number of sulfonamides is 1. The van der Waals surface area contributed by atoms with Crippen LogP contribution in [0, 0.1) is 0 Å². The Labute approximate surface area is 188 Å². The van der Waals surface area contributed by atoms with Gasteiger partial charge in [0.1, 0.15) is 4.90 Å². The molecule has 0 aliphatic carbocycles. The van der Waals surface area contributed by atoms with Gasteiger partial charge in [0.05, 0.1) is 11.1 Å². The predicted octanol–water partition coefficient (Wildman–Crippen LogP) is 2.76. The van der Waals surface area contributed by atoms with Gasteiger partial charge in [-0.1, -0.05) is 29.8 Å². The van der Waals surface area contributed by atoms with Crippen molar-refractivity contribution >= 4 is 33.2 Å². The molecule has 0 aromatic heterocycles. The van der Waals surface area contributed by atoms with Crippen LogP contribution < -0.4 is 9.62 Å². The summed E-state index contributed by atoms with van der Waals surface area (Å²) in [7, 11) is -3.85. The largest absolute Gasteiger partial charge is 0.377 e. The van der Waals surface area contributed by atoms with Gasteiger partial charge >= 0.3 is 0 Å². The maximum atomic E-state index is 13.0. The van der Waals surface area contributed by atoms with Crippen LogP contribution >= 0.6 is 11.6 Å². The quantitative estimate of drug-likeness (QED) is 0.712. The molecular weight excluding hydrogens is 438 g/mol. The number of nitrogens with zero attached hydrogens (tertiary/aromatic N) is 2. The second kappa shape index (κ2) is 9.56. The molecule has 2 fully saturated rings. The summed E-state index contributed by atoms with van der Waals surface area (Å²) in [6.45, 7) is 3.41. The average molecular weight is 464 g/mol. The minimum atomic E-state index is -3.85. The molecule has 0 saturated carbocycles. The van der Waals surface area contributed by atoms with Crippen LogP contribution in [0.3, 0.4) is 0 Å². The van der Waals surface area contributed by atoms with E-state index < -0.39 is 10.0 Å². The van der Waals surface area contributed by atoms with Gasteiger partial charge in [-0.15, -0.1) is 0 Å². The molecule has 2 saturated heterocycles. The second-order valence-corrected chi connectivity index (χ2v) is 9.89. The molecule has 7 nitrogen and oxygen atoms in total. The summed E-state index contributed by atoms with van der Waals surface area (Å²) in [5, 5.41) is 0.0882. The van der Waals surface area contributed by atoms with E-state index in [0.29, 0.717) is 25.3 Å². The zero-order valence-electron chi connectivity index (χ0n) is 17.2. The van der Waals surface area contributed by atoms with Crippen LogP contribution in [0.4, 0.5) is 5.69 Å². The minimum Gasteiger partial charge on any atom is -0.377 e. The summed E-state index contributed by atoms with van der Waals surface area (Å²) in [6, 6.07) is 14.5. The Morgan fingerprint density at radius 1 is 1.10 bits per heavy atom. The molecule has 0 bridgehead atoms. The van der Waals surface area contributed by atoms with Crippen molar-refractivity contribution < 1.29 is 17.9 Å². The van der Waals surface area contributed by atoms with Crippen molar-refractivity contribution in [3.63, 3.8) is 0 Å². The highest BCUT2D eigenvalue weighted by Gasteiger charge is 2.26. The molecule has 2 aromatic rings. The van der Waals surface area contributed by atoms with E-state index in [1.54, 1.807) is 11.0 Å². The summed E-state index contributed by atoms with van der Waals surface area (Å²) >= 11 is 6.17. The Balaban J connectivity index is 1.43. The van der Waals surface area contributed by atoms with E-state index in [2.05, 4.69) is 21.8 Å². The van der Waals surface area contributed by atoms with E-state index >= 15 is 0 Å². The second-order valence-electron chi connectivity index (χ2n) is 7.75. The molecule has 0 radical (unpaired) electrons. The Hall–Kier alpha value is -2.13. The molecule has 1 amide bonds. The van der Waals surface area contributed by atoms with E-state index in [1.807, 2.05) is 18.2 Å². The molecule has 0 spiro atoms. The number of anilines is 1. The lowest BCUT2D eigenvalue weighted by atomic mass is 10.1. The average Bonchev–Trinajstić information content (AvgIpc) is 3.32. The van der Waals surface area contributed by atoms with E-state index in [9.17, 15) is 13.2 Å². The number of hydrogen-bond donors (Lipinski definition) is 1. The lowest BCUT2D eigenvalue weighted by Crippen LogP contribution is -2.48. The van der Waals surface area contributed by atoms with Crippen molar-refractivity contribution in [2.75, 3.05) is 44.2 Å². The summed E-state index contributed by atoms with van der Waals surface area (Å²) in [5.41, 5.74) is 1.45. The van der Waals surface area contributed by atoms with Gasteiger partial charge in [0.15, 0.2) is 0 Å². The van der Waals surface area contributed by atoms with Crippen molar-refractivity contribution in [2.24, 2.45) is 0 Å². The van der Waals surface area contributed by atoms with Crippen LogP contribution in [0.25, 0.3) is 0 Å². The van der Waals surface area contributed by atoms with Crippen LogP contribution in [0.15, 0.2) is 53.4 Å². The summed E-state index contributed by atoms with van der Waals surface area (Å²) < 4.78 is 33.6. The minimum absolute atomic E-state index is 0.0825. The van der Waals surface area contributed by atoms with Crippen molar-refractivity contribution in [3.05, 3.63) is 59.1 Å². The molecule has 31 heavy (non-hydrogen) atoms. The van der Waals surface area contributed by atoms with Gasteiger partial charge in [0.2, 0.25) is 10.0 Å². The Bertz CT molecular complexity index is 1020. The highest BCUT2D eigenvalue weighted by Crippen LogP contribution is 2.24. The molecule has 9 heteroatoms. The third-order valence-electron chi connectivity index (χ3n) is 5.68. The van der Waals surface area contributed by atoms with E-state index in [4.69, 9.17) is 16.3 Å². The zero-order valence-corrected chi connectivity index (χ0v) is 18.7. The first-order valence-corrected chi connectivity index (χ1v) is 12.3. The number of amides is 1. The van der Waals surface area contributed by atoms with Crippen LogP contribution in [-0.4, -0.2) is 64.7 Å². The summed E-state index contributed by atoms with van der Waals surface area (Å²) in [6.07, 6.45) is 1.62. The number of carbonyl (C=O) groups is 1. The molecule has 166 valence electrons. The fourth-order valence-corrected chi connectivity index (χ4v) is 5.51. The molecular formula is C22H26ClN3O4S. The molecule has 0 unspecified atom stereocenters. The van der Waals surface area contributed by atoms with Crippen LogP contribution in [0.2, 0.25) is 5.02 Å². The van der Waals surface area contributed by atoms with Crippen LogP contribution in [0.1, 0.15) is 23.2 Å². The predicted molar refractivity (Wildman–Crippen MR) is 120 cm³/mol. The maximum absolute atomic E-state index is 13.0. The molecule has 2 aliphatic rings. The number of benzene rings is 2. The fourth-order valence-electron chi connectivity index (χ4n) is 3.92. The lowest BCUT2D eigenvalue weighted by molar-refractivity contribution is 0.0746. The molecule has 2 heterocycles. The number of carbonyl (C=O) groups excluding carboxylic acids is 1. The first-order valence-electron chi connectivity index (χ1n) is 10.4.